The average Bonchev–Trinajstić information content (AvgIpc) is 2.79. The molecule has 26 heavy (non-hydrogen) atoms. The zero-order valence-corrected chi connectivity index (χ0v) is 16.3. The fourth-order valence-electron chi connectivity index (χ4n) is 6.56. The number of hydrogen-bond donors (Lipinski definition) is 0. The molecule has 0 aromatic rings. The molecule has 2 saturated carbocycles. The Balaban J connectivity index is 1.66. The van der Waals surface area contributed by atoms with Crippen LogP contribution in [-0.2, 0) is 19.0 Å². The molecule has 3 heterocycles. The molecule has 0 amide bonds. The molecule has 5 rings (SSSR count). The number of esters is 1. The van der Waals surface area contributed by atoms with E-state index < -0.39 is 6.29 Å². The van der Waals surface area contributed by atoms with Gasteiger partial charge >= 0.3 is 5.97 Å². The van der Waals surface area contributed by atoms with Crippen LogP contribution in [0.15, 0.2) is 24.8 Å². The molecule has 0 radical (unpaired) electrons. The Morgan fingerprint density at radius 2 is 2.12 bits per heavy atom. The largest absolute Gasteiger partial charge is 0.436 e. The molecule has 0 aromatic heterocycles. The third kappa shape index (κ3) is 2.45. The number of carbonyl (C=O) groups excluding carboxylic acids is 1. The van der Waals surface area contributed by atoms with E-state index in [2.05, 4.69) is 27.0 Å². The predicted octanol–water partition coefficient (Wildman–Crippen LogP) is 4.60. The Kier molecular flexibility index (Phi) is 4.35. The summed E-state index contributed by atoms with van der Waals surface area (Å²) in [6, 6.07) is 0. The maximum absolute atomic E-state index is 11.6. The van der Waals surface area contributed by atoms with Crippen molar-refractivity contribution in [2.75, 3.05) is 0 Å². The minimum Gasteiger partial charge on any atom is -0.436 e. The summed E-state index contributed by atoms with van der Waals surface area (Å²) < 4.78 is 18.0. The monoisotopic (exact) mass is 360 g/mol. The molecule has 2 aliphatic carbocycles. The zero-order chi connectivity index (χ0) is 18.7. The minimum absolute atomic E-state index is 0.00829. The SMILES string of the molecule is C=CC(=C)CC[C@@]1(C)[C@@H](C)CCC23[C@@H]4O[C@@H](C[C@@H]2[C@@H](OC(C)=O)O4)C[C@@H]31. The molecule has 5 fully saturated rings. The maximum Gasteiger partial charge on any atom is 0.304 e. The summed E-state index contributed by atoms with van der Waals surface area (Å²) >= 11 is 0. The minimum atomic E-state index is -0.439. The van der Waals surface area contributed by atoms with Crippen LogP contribution in [0.25, 0.3) is 0 Å². The maximum atomic E-state index is 11.6. The number of ether oxygens (including phenoxy) is 3. The molecule has 1 spiro atoms. The van der Waals surface area contributed by atoms with E-state index in [9.17, 15) is 4.79 Å². The Morgan fingerprint density at radius 1 is 1.35 bits per heavy atom. The van der Waals surface area contributed by atoms with Crippen LogP contribution in [-0.4, -0.2) is 24.7 Å². The fraction of sp³-hybridized carbons (Fsp3) is 0.773. The molecule has 1 unspecified atom stereocenters. The van der Waals surface area contributed by atoms with Crippen LogP contribution in [0.2, 0.25) is 0 Å². The molecule has 0 aromatic carbocycles. The van der Waals surface area contributed by atoms with E-state index in [0.29, 0.717) is 11.8 Å². The van der Waals surface area contributed by atoms with Crippen LogP contribution in [0.5, 0.6) is 0 Å². The van der Waals surface area contributed by atoms with Crippen molar-refractivity contribution in [3.8, 4) is 0 Å². The van der Waals surface area contributed by atoms with Gasteiger partial charge in [-0.3, -0.25) is 4.79 Å². The van der Waals surface area contributed by atoms with Gasteiger partial charge in [0.1, 0.15) is 0 Å². The van der Waals surface area contributed by atoms with Crippen molar-refractivity contribution in [2.45, 2.75) is 78.0 Å². The van der Waals surface area contributed by atoms with Crippen LogP contribution in [0.4, 0.5) is 0 Å². The second-order valence-electron chi connectivity index (χ2n) is 9.25. The average molecular weight is 360 g/mol. The molecule has 3 aliphatic heterocycles. The molecule has 144 valence electrons. The van der Waals surface area contributed by atoms with Gasteiger partial charge in [-0.1, -0.05) is 38.7 Å². The highest BCUT2D eigenvalue weighted by atomic mass is 16.8. The van der Waals surface area contributed by atoms with Gasteiger partial charge in [-0.05, 0) is 55.8 Å². The van der Waals surface area contributed by atoms with Gasteiger partial charge in [0.2, 0.25) is 6.29 Å². The summed E-state index contributed by atoms with van der Waals surface area (Å²) in [7, 11) is 0. The van der Waals surface area contributed by atoms with E-state index in [1.165, 1.54) is 13.3 Å². The standard InChI is InChI=1S/C22H32O4/c1-6-13(2)7-9-21(5)14(3)8-10-22-17-11-16(12-18(21)22)25-20(22)26-19(17)24-15(4)23/h6,14,16-20H,1-2,7-12H2,3-5H3/t14-,16-,17+,18+,19-,20+,21-,22?/m0/s1. The molecule has 0 N–H and O–H groups in total. The van der Waals surface area contributed by atoms with E-state index in [1.807, 2.05) is 6.08 Å². The third-order valence-corrected chi connectivity index (χ3v) is 8.18. The Labute approximate surface area is 157 Å². The molecule has 3 saturated heterocycles. The van der Waals surface area contributed by atoms with E-state index in [0.717, 1.165) is 37.7 Å². The normalized spacial score (nSPS) is 48.7. The summed E-state index contributed by atoms with van der Waals surface area (Å²) in [6.45, 7) is 14.3. The zero-order valence-electron chi connectivity index (χ0n) is 16.3. The van der Waals surface area contributed by atoms with Gasteiger partial charge in [-0.25, -0.2) is 0 Å². The summed E-state index contributed by atoms with van der Waals surface area (Å²) in [5, 5.41) is 0. The first-order valence-corrected chi connectivity index (χ1v) is 10.1. The first kappa shape index (κ1) is 18.2. The van der Waals surface area contributed by atoms with Gasteiger partial charge in [0.25, 0.3) is 0 Å². The van der Waals surface area contributed by atoms with Gasteiger partial charge in [-0.15, -0.1) is 0 Å². The summed E-state index contributed by atoms with van der Waals surface area (Å²) in [5.41, 5.74) is 1.33. The quantitative estimate of drug-likeness (QED) is 0.531. The third-order valence-electron chi connectivity index (χ3n) is 8.18. The number of rotatable bonds is 5. The fourth-order valence-corrected chi connectivity index (χ4v) is 6.56. The van der Waals surface area contributed by atoms with Crippen molar-refractivity contribution < 1.29 is 19.0 Å². The Bertz CT molecular complexity index is 628. The first-order valence-electron chi connectivity index (χ1n) is 10.1. The number of carbonyl (C=O) groups is 1. The summed E-state index contributed by atoms with van der Waals surface area (Å²) in [5.74, 6) is 1.20. The van der Waals surface area contributed by atoms with Crippen molar-refractivity contribution in [3.63, 3.8) is 0 Å². The topological polar surface area (TPSA) is 44.8 Å². The van der Waals surface area contributed by atoms with Crippen LogP contribution >= 0.6 is 0 Å². The van der Waals surface area contributed by atoms with Crippen molar-refractivity contribution in [3.05, 3.63) is 24.8 Å². The van der Waals surface area contributed by atoms with E-state index >= 15 is 0 Å². The van der Waals surface area contributed by atoms with Gasteiger partial charge in [0.05, 0.1) is 6.10 Å². The molecule has 5 aliphatic rings. The highest BCUT2D eigenvalue weighted by molar-refractivity contribution is 5.66. The van der Waals surface area contributed by atoms with Crippen LogP contribution in [0.3, 0.4) is 0 Å². The van der Waals surface area contributed by atoms with E-state index in [4.69, 9.17) is 14.2 Å². The number of hydrogen-bond acceptors (Lipinski definition) is 4. The first-order chi connectivity index (χ1) is 12.3. The molecule has 4 bridgehead atoms. The second kappa shape index (κ2) is 6.20. The van der Waals surface area contributed by atoms with Crippen molar-refractivity contribution in [2.24, 2.45) is 28.6 Å². The second-order valence-corrected chi connectivity index (χ2v) is 9.25. The molecule has 4 nitrogen and oxygen atoms in total. The van der Waals surface area contributed by atoms with E-state index in [-0.39, 0.29) is 35.1 Å². The lowest BCUT2D eigenvalue weighted by Crippen LogP contribution is -2.64. The smallest absolute Gasteiger partial charge is 0.304 e. The van der Waals surface area contributed by atoms with E-state index in [1.54, 1.807) is 0 Å². The predicted molar refractivity (Wildman–Crippen MR) is 99.0 cm³/mol. The van der Waals surface area contributed by atoms with Gasteiger partial charge in [0.15, 0.2) is 6.29 Å². The number of allylic oxidation sites excluding steroid dienone is 2. The van der Waals surface area contributed by atoms with Crippen molar-refractivity contribution >= 4 is 5.97 Å². The van der Waals surface area contributed by atoms with Crippen LogP contribution in [0.1, 0.15) is 59.3 Å². The van der Waals surface area contributed by atoms with Crippen LogP contribution in [0, 0.1) is 28.6 Å². The molecular weight excluding hydrogens is 328 g/mol. The van der Waals surface area contributed by atoms with Gasteiger partial charge in [0, 0.05) is 18.3 Å². The Morgan fingerprint density at radius 3 is 2.81 bits per heavy atom. The summed E-state index contributed by atoms with van der Waals surface area (Å²) in [6.07, 6.45) is 7.90. The van der Waals surface area contributed by atoms with Crippen molar-refractivity contribution in [1.82, 2.24) is 0 Å². The van der Waals surface area contributed by atoms with Crippen LogP contribution < -0.4 is 0 Å². The highest BCUT2D eigenvalue weighted by Gasteiger charge is 2.72. The highest BCUT2D eigenvalue weighted by Crippen LogP contribution is 2.71. The lowest BCUT2D eigenvalue weighted by Gasteiger charge is -2.64. The van der Waals surface area contributed by atoms with Crippen molar-refractivity contribution in [1.29, 1.82) is 0 Å². The van der Waals surface area contributed by atoms with Gasteiger partial charge in [-0.2, -0.15) is 0 Å². The summed E-state index contributed by atoms with van der Waals surface area (Å²) in [4.78, 5) is 11.6. The van der Waals surface area contributed by atoms with Gasteiger partial charge < -0.3 is 14.2 Å². The molecule has 8 atom stereocenters. The lowest BCUT2D eigenvalue weighted by molar-refractivity contribution is -0.304. The Hall–Kier alpha value is -1.13. The lowest BCUT2D eigenvalue weighted by atomic mass is 9.43. The molecule has 4 heteroatoms. The molecular formula is C22H32O4.